The van der Waals surface area contributed by atoms with E-state index in [9.17, 15) is 41.4 Å². The summed E-state index contributed by atoms with van der Waals surface area (Å²) in [6, 6.07) is -1.47. The first kappa shape index (κ1) is 23.7. The van der Waals surface area contributed by atoms with Crippen molar-refractivity contribution in [2.75, 3.05) is 13.6 Å². The maximum absolute atomic E-state index is 14.9. The van der Waals surface area contributed by atoms with Gasteiger partial charge in [-0.05, 0) is 40.5 Å². The first-order valence-corrected chi connectivity index (χ1v) is 9.45. The summed E-state index contributed by atoms with van der Waals surface area (Å²) in [6.45, 7) is 4.69. The number of nitrogens with zero attached hydrogens (tertiary/aromatic N) is 2. The van der Waals surface area contributed by atoms with Gasteiger partial charge in [0.1, 0.15) is 11.6 Å². The fourth-order valence-electron chi connectivity index (χ4n) is 3.44. The first-order chi connectivity index (χ1) is 15.1. The Labute approximate surface area is 182 Å². The Morgan fingerprint density at radius 1 is 1.03 bits per heavy atom. The molecule has 2 amide bonds. The highest BCUT2D eigenvalue weighted by atomic mass is 19.2. The smallest absolute Gasteiger partial charge is 0.411 e. The van der Waals surface area contributed by atoms with Crippen molar-refractivity contribution in [2.24, 2.45) is 0 Å². The molecule has 1 fully saturated rings. The monoisotopic (exact) mass is 467 g/mol. The topological polar surface area (TPSA) is 87.2 Å². The van der Waals surface area contributed by atoms with Crippen LogP contribution < -0.4 is 0 Å². The highest BCUT2D eigenvalue weighted by Crippen LogP contribution is 2.39. The summed E-state index contributed by atoms with van der Waals surface area (Å²) < 4.78 is 84.3. The van der Waals surface area contributed by atoms with Crippen molar-refractivity contribution in [3.05, 3.63) is 34.6 Å². The molecule has 1 saturated heterocycles. The van der Waals surface area contributed by atoms with Crippen molar-refractivity contribution in [1.29, 1.82) is 0 Å². The number of hydrogen-bond acceptors (Lipinski definition) is 4. The highest BCUT2D eigenvalue weighted by molar-refractivity contribution is 5.94. The Morgan fingerprint density at radius 3 is 1.97 bits per heavy atom. The standard InChI is InChI=1S/C20H23F5N2O5/c1-19(2,3)32-18(31)26(5)20(4,17(30)27-8-6-7-9(27)16(28)29)10-11(21)13(23)15(25)14(24)12(10)22/h9H,6-8H2,1-5H3,(H,28,29)/t9-,20+/m0/s1/i5D. The van der Waals surface area contributed by atoms with E-state index in [1.165, 1.54) is 20.8 Å². The van der Waals surface area contributed by atoms with Gasteiger partial charge in [0.15, 0.2) is 28.8 Å². The number of carboxylic acids is 1. The second-order valence-electron chi connectivity index (χ2n) is 8.42. The third-order valence-electron chi connectivity index (χ3n) is 5.07. The Balaban J connectivity index is 2.84. The summed E-state index contributed by atoms with van der Waals surface area (Å²) in [5.74, 6) is -14.9. The van der Waals surface area contributed by atoms with E-state index in [0.717, 1.165) is 0 Å². The lowest BCUT2D eigenvalue weighted by Gasteiger charge is -2.41. The number of carbonyl (C=O) groups is 3. The van der Waals surface area contributed by atoms with Crippen LogP contribution in [-0.4, -0.2) is 58.1 Å². The number of carboxylic acid groups (broad SMARTS) is 1. The van der Waals surface area contributed by atoms with Gasteiger partial charge in [0.25, 0.3) is 5.91 Å². The Hall–Kier alpha value is -2.92. The maximum atomic E-state index is 14.9. The van der Waals surface area contributed by atoms with Gasteiger partial charge in [-0.25, -0.2) is 31.5 Å². The predicted molar refractivity (Wildman–Crippen MR) is 100.0 cm³/mol. The normalized spacial score (nSPS) is 18.7. The molecule has 2 rings (SSSR count). The van der Waals surface area contributed by atoms with Gasteiger partial charge >= 0.3 is 12.1 Å². The third-order valence-corrected chi connectivity index (χ3v) is 5.07. The number of likely N-dealkylation sites (N-methyl/N-ethyl adjacent to an activating group) is 1. The number of halogens is 5. The fraction of sp³-hybridized carbons (Fsp3) is 0.550. The molecular formula is C20H23F5N2O5. The largest absolute Gasteiger partial charge is 0.480 e. The van der Waals surface area contributed by atoms with E-state index in [1.54, 1.807) is 0 Å². The van der Waals surface area contributed by atoms with Gasteiger partial charge in [0.05, 0.1) is 5.56 Å². The van der Waals surface area contributed by atoms with Gasteiger partial charge in [-0.15, -0.1) is 0 Å². The Kier molecular flexibility index (Phi) is 6.34. The molecule has 12 heteroatoms. The summed E-state index contributed by atoms with van der Waals surface area (Å²) >= 11 is 0. The zero-order valence-electron chi connectivity index (χ0n) is 18.8. The molecule has 1 aromatic rings. The average Bonchev–Trinajstić information content (AvgIpc) is 3.19. The summed E-state index contributed by atoms with van der Waals surface area (Å²) in [4.78, 5) is 38.8. The minimum absolute atomic E-state index is 0.0401. The molecule has 32 heavy (non-hydrogen) atoms. The van der Waals surface area contributed by atoms with Gasteiger partial charge in [0.2, 0.25) is 5.82 Å². The Morgan fingerprint density at radius 2 is 1.53 bits per heavy atom. The minimum Gasteiger partial charge on any atom is -0.480 e. The molecule has 0 aliphatic carbocycles. The number of rotatable bonds is 4. The third kappa shape index (κ3) is 4.22. The zero-order valence-corrected chi connectivity index (χ0v) is 17.8. The van der Waals surface area contributed by atoms with Crippen LogP contribution in [0, 0.1) is 29.1 Å². The lowest BCUT2D eigenvalue weighted by atomic mass is 9.87. The van der Waals surface area contributed by atoms with Crippen LogP contribution in [0.25, 0.3) is 0 Å². The van der Waals surface area contributed by atoms with E-state index >= 15 is 0 Å². The average molecular weight is 467 g/mol. The number of likely N-dealkylation sites (tertiary alicyclic amines) is 1. The number of benzene rings is 1. The van der Waals surface area contributed by atoms with Crippen molar-refractivity contribution in [1.82, 2.24) is 9.80 Å². The van der Waals surface area contributed by atoms with Crippen LogP contribution in [0.4, 0.5) is 26.7 Å². The van der Waals surface area contributed by atoms with E-state index in [4.69, 9.17) is 6.11 Å². The molecule has 0 aromatic heterocycles. The van der Waals surface area contributed by atoms with E-state index in [1.807, 2.05) is 0 Å². The number of hydrogen-bond donors (Lipinski definition) is 1. The molecule has 0 saturated carbocycles. The second-order valence-corrected chi connectivity index (χ2v) is 8.42. The molecule has 1 aromatic carbocycles. The van der Waals surface area contributed by atoms with Crippen molar-refractivity contribution in [3.63, 3.8) is 0 Å². The molecule has 0 radical (unpaired) electrons. The second kappa shape index (κ2) is 8.55. The summed E-state index contributed by atoms with van der Waals surface area (Å²) in [5.41, 5.74) is -5.92. The molecule has 2 atom stereocenters. The summed E-state index contributed by atoms with van der Waals surface area (Å²) in [5, 5.41) is 9.41. The van der Waals surface area contributed by atoms with E-state index in [-0.39, 0.29) is 24.3 Å². The molecule has 7 nitrogen and oxygen atoms in total. The quantitative estimate of drug-likeness (QED) is 0.416. The molecule has 1 aliphatic rings. The molecular weight excluding hydrogens is 443 g/mol. The van der Waals surface area contributed by atoms with Crippen molar-refractivity contribution < 1.29 is 47.5 Å². The fourth-order valence-corrected chi connectivity index (χ4v) is 3.44. The van der Waals surface area contributed by atoms with Crippen LogP contribution in [0.2, 0.25) is 0 Å². The SMILES string of the molecule is [2H]CN(C(=O)OC(C)(C)C)[C@@](C)(C(=O)N1CCC[C@H]1C(=O)O)c1c(F)c(F)c(F)c(F)c1F. The van der Waals surface area contributed by atoms with Crippen LogP contribution in [0.1, 0.15) is 47.5 Å². The van der Waals surface area contributed by atoms with Crippen LogP contribution in [0.15, 0.2) is 0 Å². The van der Waals surface area contributed by atoms with Gasteiger partial charge in [-0.3, -0.25) is 9.69 Å². The predicted octanol–water partition coefficient (Wildman–Crippen LogP) is 3.54. The molecule has 0 bridgehead atoms. The van der Waals surface area contributed by atoms with Gasteiger partial charge < -0.3 is 14.7 Å². The van der Waals surface area contributed by atoms with Crippen LogP contribution in [0.3, 0.4) is 0 Å². The lowest BCUT2D eigenvalue weighted by molar-refractivity contribution is -0.154. The van der Waals surface area contributed by atoms with E-state index in [0.29, 0.717) is 11.8 Å². The molecule has 178 valence electrons. The van der Waals surface area contributed by atoms with Gasteiger partial charge in [-0.1, -0.05) is 0 Å². The van der Waals surface area contributed by atoms with Crippen LogP contribution in [-0.2, 0) is 19.9 Å². The van der Waals surface area contributed by atoms with Gasteiger partial charge in [0, 0.05) is 14.9 Å². The highest BCUT2D eigenvalue weighted by Gasteiger charge is 2.53. The summed E-state index contributed by atoms with van der Waals surface area (Å²) in [7, 11) is -1.19. The van der Waals surface area contributed by atoms with Crippen LogP contribution in [0.5, 0.6) is 0 Å². The van der Waals surface area contributed by atoms with E-state index < -0.39 is 76.8 Å². The zero-order chi connectivity index (χ0) is 25.5. The molecule has 0 unspecified atom stereocenters. The number of aliphatic carboxylic acids is 1. The molecule has 1 aliphatic heterocycles. The molecule has 1 N–H and O–H groups in total. The van der Waals surface area contributed by atoms with E-state index in [2.05, 4.69) is 0 Å². The molecule has 0 spiro atoms. The van der Waals surface area contributed by atoms with Gasteiger partial charge in [-0.2, -0.15) is 0 Å². The Bertz CT molecular complexity index is 958. The molecule has 1 heterocycles. The maximum Gasteiger partial charge on any atom is 0.411 e. The minimum atomic E-state index is -3.01. The lowest BCUT2D eigenvalue weighted by Crippen LogP contribution is -2.59. The summed E-state index contributed by atoms with van der Waals surface area (Å²) in [6.07, 6.45) is -1.33. The van der Waals surface area contributed by atoms with Crippen molar-refractivity contribution >= 4 is 18.0 Å². The number of amides is 2. The van der Waals surface area contributed by atoms with Crippen molar-refractivity contribution in [2.45, 2.75) is 57.7 Å². The first-order valence-electron chi connectivity index (χ1n) is 10.2. The van der Waals surface area contributed by atoms with Crippen LogP contribution >= 0.6 is 0 Å². The van der Waals surface area contributed by atoms with Crippen molar-refractivity contribution in [3.8, 4) is 0 Å². The number of ether oxygens (including phenoxy) is 1. The number of carbonyl (C=O) groups excluding carboxylic acids is 2.